The first-order chi connectivity index (χ1) is 10.3. The Kier molecular flexibility index (Phi) is 4.07. The zero-order chi connectivity index (χ0) is 14.7. The number of hydrogen-bond acceptors (Lipinski definition) is 1. The molecule has 0 aliphatic heterocycles. The van der Waals surface area contributed by atoms with Gasteiger partial charge in [-0.25, -0.2) is 4.39 Å². The van der Waals surface area contributed by atoms with Crippen LogP contribution in [0.5, 0.6) is 0 Å². The van der Waals surface area contributed by atoms with Crippen molar-refractivity contribution in [3.05, 3.63) is 71.5 Å². The summed E-state index contributed by atoms with van der Waals surface area (Å²) in [6, 6.07) is 18.0. The Labute approximate surface area is 126 Å². The van der Waals surface area contributed by atoms with Crippen molar-refractivity contribution in [3.63, 3.8) is 0 Å². The van der Waals surface area contributed by atoms with Crippen molar-refractivity contribution in [1.82, 2.24) is 5.32 Å². The molecule has 2 heteroatoms. The zero-order valence-electron chi connectivity index (χ0n) is 12.5. The maximum atomic E-state index is 13.2. The van der Waals surface area contributed by atoms with E-state index in [2.05, 4.69) is 35.6 Å². The summed E-state index contributed by atoms with van der Waals surface area (Å²) < 4.78 is 13.2. The van der Waals surface area contributed by atoms with Crippen LogP contribution in [0.4, 0.5) is 4.39 Å². The average Bonchev–Trinajstić information content (AvgIpc) is 3.01. The SMILES string of the molecule is CNC(c1ccc(F)cc1)C1(c2ccccc2)CCCC1. The normalized spacial score (nSPS) is 18.6. The summed E-state index contributed by atoms with van der Waals surface area (Å²) in [7, 11) is 2.01. The molecule has 0 radical (unpaired) electrons. The molecule has 0 spiro atoms. The van der Waals surface area contributed by atoms with E-state index in [0.717, 1.165) is 0 Å². The van der Waals surface area contributed by atoms with Crippen LogP contribution in [0.15, 0.2) is 54.6 Å². The fourth-order valence-electron chi connectivity index (χ4n) is 3.94. The summed E-state index contributed by atoms with van der Waals surface area (Å²) >= 11 is 0. The molecular weight excluding hydrogens is 261 g/mol. The van der Waals surface area contributed by atoms with E-state index in [1.165, 1.54) is 36.8 Å². The highest BCUT2D eigenvalue weighted by molar-refractivity contribution is 5.34. The van der Waals surface area contributed by atoms with Crippen molar-refractivity contribution in [1.29, 1.82) is 0 Å². The van der Waals surface area contributed by atoms with E-state index < -0.39 is 0 Å². The smallest absolute Gasteiger partial charge is 0.123 e. The molecule has 1 atom stereocenters. The molecule has 1 aliphatic rings. The van der Waals surface area contributed by atoms with Crippen molar-refractivity contribution < 1.29 is 4.39 Å². The Morgan fingerprint density at radius 1 is 0.952 bits per heavy atom. The molecule has 3 rings (SSSR count). The second-order valence-corrected chi connectivity index (χ2v) is 6.00. The van der Waals surface area contributed by atoms with Crippen LogP contribution in [0.2, 0.25) is 0 Å². The Bertz CT molecular complexity index is 570. The second-order valence-electron chi connectivity index (χ2n) is 6.00. The molecule has 1 unspecified atom stereocenters. The van der Waals surface area contributed by atoms with Crippen LogP contribution >= 0.6 is 0 Å². The van der Waals surface area contributed by atoms with Crippen LogP contribution in [0.3, 0.4) is 0 Å². The molecule has 0 heterocycles. The molecule has 21 heavy (non-hydrogen) atoms. The molecule has 0 bridgehead atoms. The van der Waals surface area contributed by atoms with Crippen molar-refractivity contribution in [3.8, 4) is 0 Å². The van der Waals surface area contributed by atoms with Gasteiger partial charge in [-0.2, -0.15) is 0 Å². The molecule has 110 valence electrons. The summed E-state index contributed by atoms with van der Waals surface area (Å²) in [4.78, 5) is 0. The van der Waals surface area contributed by atoms with Crippen LogP contribution in [0, 0.1) is 5.82 Å². The molecule has 0 amide bonds. The molecule has 1 N–H and O–H groups in total. The highest BCUT2D eigenvalue weighted by Crippen LogP contribution is 2.49. The fraction of sp³-hybridized carbons (Fsp3) is 0.368. The minimum absolute atomic E-state index is 0.119. The van der Waals surface area contributed by atoms with Gasteiger partial charge < -0.3 is 5.32 Å². The van der Waals surface area contributed by atoms with Gasteiger partial charge in [0.2, 0.25) is 0 Å². The van der Waals surface area contributed by atoms with Crippen molar-refractivity contribution in [2.45, 2.75) is 37.1 Å². The maximum Gasteiger partial charge on any atom is 0.123 e. The molecule has 1 saturated carbocycles. The van der Waals surface area contributed by atoms with E-state index in [9.17, 15) is 4.39 Å². The Balaban J connectivity index is 2.04. The molecule has 1 nitrogen and oxygen atoms in total. The highest BCUT2D eigenvalue weighted by atomic mass is 19.1. The average molecular weight is 283 g/mol. The van der Waals surface area contributed by atoms with Crippen molar-refractivity contribution in [2.75, 3.05) is 7.05 Å². The van der Waals surface area contributed by atoms with Crippen LogP contribution in [0.25, 0.3) is 0 Å². The topological polar surface area (TPSA) is 12.0 Å². The van der Waals surface area contributed by atoms with Crippen LogP contribution < -0.4 is 5.32 Å². The van der Waals surface area contributed by atoms with Gasteiger partial charge in [-0.3, -0.25) is 0 Å². The Morgan fingerprint density at radius 2 is 1.57 bits per heavy atom. The van der Waals surface area contributed by atoms with Crippen molar-refractivity contribution in [2.24, 2.45) is 0 Å². The maximum absolute atomic E-state index is 13.2. The van der Waals surface area contributed by atoms with Gasteiger partial charge in [0.25, 0.3) is 0 Å². The number of nitrogens with one attached hydrogen (secondary N) is 1. The van der Waals surface area contributed by atoms with Crippen LogP contribution in [-0.2, 0) is 5.41 Å². The van der Waals surface area contributed by atoms with Gasteiger partial charge in [0, 0.05) is 11.5 Å². The predicted octanol–water partition coefficient (Wildman–Crippen LogP) is 4.60. The number of halogens is 1. The molecule has 2 aromatic carbocycles. The van der Waals surface area contributed by atoms with Crippen molar-refractivity contribution >= 4 is 0 Å². The molecule has 2 aromatic rings. The van der Waals surface area contributed by atoms with Gasteiger partial charge in [-0.05, 0) is 43.1 Å². The van der Waals surface area contributed by atoms with E-state index >= 15 is 0 Å². The first kappa shape index (κ1) is 14.3. The summed E-state index contributed by atoms with van der Waals surface area (Å²) in [6.45, 7) is 0. The fourth-order valence-corrected chi connectivity index (χ4v) is 3.94. The standard InChI is InChI=1S/C19H22FN/c1-21-18(15-9-11-17(20)12-10-15)19(13-5-6-14-19)16-7-3-2-4-8-16/h2-4,7-12,18,21H,5-6,13-14H2,1H3. The third-order valence-electron chi connectivity index (χ3n) is 4.89. The van der Waals surface area contributed by atoms with Gasteiger partial charge in [0.15, 0.2) is 0 Å². The summed E-state index contributed by atoms with van der Waals surface area (Å²) in [5.41, 5.74) is 2.68. The lowest BCUT2D eigenvalue weighted by Crippen LogP contribution is -2.38. The first-order valence-corrected chi connectivity index (χ1v) is 7.74. The monoisotopic (exact) mass is 283 g/mol. The van der Waals surface area contributed by atoms with Gasteiger partial charge in [0.05, 0.1) is 0 Å². The number of benzene rings is 2. The van der Waals surface area contributed by atoms with Gasteiger partial charge in [-0.15, -0.1) is 0 Å². The summed E-state index contributed by atoms with van der Waals surface area (Å²) in [5.74, 6) is -0.172. The minimum atomic E-state index is -0.172. The predicted molar refractivity (Wildman–Crippen MR) is 84.8 cm³/mol. The van der Waals surface area contributed by atoms with E-state index in [4.69, 9.17) is 0 Å². The van der Waals surface area contributed by atoms with Gasteiger partial charge in [-0.1, -0.05) is 55.3 Å². The Morgan fingerprint density at radius 3 is 2.14 bits per heavy atom. The van der Waals surface area contributed by atoms with E-state index in [1.54, 1.807) is 12.1 Å². The lowest BCUT2D eigenvalue weighted by Gasteiger charge is -2.38. The summed E-state index contributed by atoms with van der Waals surface area (Å²) in [5, 5.41) is 3.50. The van der Waals surface area contributed by atoms with Crippen LogP contribution in [-0.4, -0.2) is 7.05 Å². The van der Waals surface area contributed by atoms with E-state index in [1.807, 2.05) is 19.2 Å². The lowest BCUT2D eigenvalue weighted by molar-refractivity contribution is 0.315. The van der Waals surface area contributed by atoms with Gasteiger partial charge in [0.1, 0.15) is 5.82 Å². The van der Waals surface area contributed by atoms with E-state index in [0.29, 0.717) is 0 Å². The largest absolute Gasteiger partial charge is 0.312 e. The molecular formula is C19H22FN. The number of likely N-dealkylation sites (N-methyl/N-ethyl adjacent to an activating group) is 1. The lowest BCUT2D eigenvalue weighted by atomic mass is 9.70. The highest BCUT2D eigenvalue weighted by Gasteiger charge is 2.42. The van der Waals surface area contributed by atoms with Crippen LogP contribution in [0.1, 0.15) is 42.9 Å². The minimum Gasteiger partial charge on any atom is -0.312 e. The zero-order valence-corrected chi connectivity index (χ0v) is 12.5. The molecule has 1 aliphatic carbocycles. The molecule has 0 aromatic heterocycles. The second kappa shape index (κ2) is 5.98. The summed E-state index contributed by atoms with van der Waals surface area (Å²) in [6.07, 6.45) is 4.88. The van der Waals surface area contributed by atoms with E-state index in [-0.39, 0.29) is 17.3 Å². The third kappa shape index (κ3) is 2.60. The third-order valence-corrected chi connectivity index (χ3v) is 4.89. The Hall–Kier alpha value is -1.67. The van der Waals surface area contributed by atoms with Gasteiger partial charge >= 0.3 is 0 Å². The first-order valence-electron chi connectivity index (χ1n) is 7.74. The quantitative estimate of drug-likeness (QED) is 0.864. The molecule has 1 fully saturated rings. The molecule has 0 saturated heterocycles. The number of rotatable bonds is 4. The number of hydrogen-bond donors (Lipinski definition) is 1.